The minimum absolute atomic E-state index is 0. The third kappa shape index (κ3) is 5.35. The fraction of sp³-hybridized carbons (Fsp3) is 0.650. The number of hydrogen-bond donors (Lipinski definition) is 1. The Morgan fingerprint density at radius 3 is 2.42 bits per heavy atom. The molecule has 1 amide bonds. The van der Waals surface area contributed by atoms with Crippen molar-refractivity contribution < 1.29 is 4.79 Å². The Morgan fingerprint density at radius 2 is 1.81 bits per heavy atom. The van der Waals surface area contributed by atoms with Crippen LogP contribution in [0.4, 0.5) is 0 Å². The van der Waals surface area contributed by atoms with Gasteiger partial charge in [-0.1, -0.05) is 37.1 Å². The summed E-state index contributed by atoms with van der Waals surface area (Å²) in [6.45, 7) is 8.77. The number of benzene rings is 1. The van der Waals surface area contributed by atoms with Crippen LogP contribution in [0.2, 0.25) is 0 Å². The van der Waals surface area contributed by atoms with Crippen LogP contribution in [0, 0.1) is 12.8 Å². The molecule has 2 atom stereocenters. The highest BCUT2D eigenvalue weighted by Gasteiger charge is 2.40. The van der Waals surface area contributed by atoms with E-state index in [-0.39, 0.29) is 42.2 Å². The van der Waals surface area contributed by atoms with E-state index < -0.39 is 0 Å². The standard InChI is InChI=1S/C20H31N3O.2ClH/c1-16-7-3-4-8-17(16)15-22-11-13-23(14-12-22)19(24)18-9-5-6-10-20(18,2)21;;/h3-4,7-8,18H,5-6,9-15,21H2,1-2H3;2*1H. The molecule has 148 valence electrons. The zero-order valence-corrected chi connectivity index (χ0v) is 17.6. The molecule has 1 aromatic rings. The van der Waals surface area contributed by atoms with Gasteiger partial charge in [-0.3, -0.25) is 9.69 Å². The van der Waals surface area contributed by atoms with Crippen molar-refractivity contribution in [1.82, 2.24) is 9.80 Å². The van der Waals surface area contributed by atoms with Crippen LogP contribution in [0.15, 0.2) is 24.3 Å². The number of rotatable bonds is 3. The van der Waals surface area contributed by atoms with Gasteiger partial charge in [0, 0.05) is 38.3 Å². The number of aryl methyl sites for hydroxylation is 1. The van der Waals surface area contributed by atoms with Crippen LogP contribution in [0.1, 0.15) is 43.7 Å². The molecule has 26 heavy (non-hydrogen) atoms. The lowest BCUT2D eigenvalue weighted by Crippen LogP contribution is -2.57. The topological polar surface area (TPSA) is 49.6 Å². The Balaban J connectivity index is 0.00000169. The Bertz CT molecular complexity index is 586. The van der Waals surface area contributed by atoms with Crippen molar-refractivity contribution in [2.24, 2.45) is 11.7 Å². The summed E-state index contributed by atoms with van der Waals surface area (Å²) in [6.07, 6.45) is 4.21. The van der Waals surface area contributed by atoms with Gasteiger partial charge < -0.3 is 10.6 Å². The van der Waals surface area contributed by atoms with E-state index in [0.717, 1.165) is 58.4 Å². The lowest BCUT2D eigenvalue weighted by molar-refractivity contribution is -0.140. The predicted molar refractivity (Wildman–Crippen MR) is 112 cm³/mol. The normalized spacial score (nSPS) is 26.6. The molecule has 1 aromatic carbocycles. The number of piperazine rings is 1. The van der Waals surface area contributed by atoms with Gasteiger partial charge in [0.2, 0.25) is 5.91 Å². The first kappa shape index (κ1) is 23.2. The number of hydrogen-bond acceptors (Lipinski definition) is 3. The third-order valence-corrected chi connectivity index (χ3v) is 5.89. The van der Waals surface area contributed by atoms with Gasteiger partial charge in [0.05, 0.1) is 5.92 Å². The minimum Gasteiger partial charge on any atom is -0.340 e. The fourth-order valence-electron chi connectivity index (χ4n) is 4.14. The molecule has 6 heteroatoms. The van der Waals surface area contributed by atoms with Gasteiger partial charge in [0.1, 0.15) is 0 Å². The van der Waals surface area contributed by atoms with E-state index in [1.54, 1.807) is 0 Å². The molecule has 1 aliphatic carbocycles. The van der Waals surface area contributed by atoms with Crippen molar-refractivity contribution >= 4 is 30.7 Å². The van der Waals surface area contributed by atoms with Crippen LogP contribution in [0.3, 0.4) is 0 Å². The molecule has 0 radical (unpaired) electrons. The van der Waals surface area contributed by atoms with Gasteiger partial charge in [-0.25, -0.2) is 0 Å². The van der Waals surface area contributed by atoms with E-state index in [2.05, 4.69) is 47.9 Å². The minimum atomic E-state index is -0.326. The number of nitrogens with two attached hydrogens (primary N) is 1. The van der Waals surface area contributed by atoms with Crippen molar-refractivity contribution in [2.75, 3.05) is 26.2 Å². The van der Waals surface area contributed by atoms with E-state index in [9.17, 15) is 4.79 Å². The van der Waals surface area contributed by atoms with Crippen LogP contribution < -0.4 is 5.73 Å². The molecule has 1 saturated carbocycles. The van der Waals surface area contributed by atoms with Gasteiger partial charge in [-0.15, -0.1) is 24.8 Å². The van der Waals surface area contributed by atoms with Gasteiger partial charge in [-0.05, 0) is 37.8 Å². The van der Waals surface area contributed by atoms with Crippen LogP contribution in [-0.4, -0.2) is 47.4 Å². The molecule has 2 N–H and O–H groups in total. The molecule has 2 unspecified atom stereocenters. The fourth-order valence-corrected chi connectivity index (χ4v) is 4.14. The maximum Gasteiger partial charge on any atom is 0.227 e. The molecule has 1 aliphatic heterocycles. The monoisotopic (exact) mass is 401 g/mol. The quantitative estimate of drug-likeness (QED) is 0.843. The highest BCUT2D eigenvalue weighted by Crippen LogP contribution is 2.33. The molecular weight excluding hydrogens is 369 g/mol. The summed E-state index contributed by atoms with van der Waals surface area (Å²) in [4.78, 5) is 17.4. The second-order valence-corrected chi connectivity index (χ2v) is 7.83. The van der Waals surface area contributed by atoms with Gasteiger partial charge in [0.25, 0.3) is 0 Å². The summed E-state index contributed by atoms with van der Waals surface area (Å²) in [5.41, 5.74) is 8.82. The second-order valence-electron chi connectivity index (χ2n) is 7.83. The Morgan fingerprint density at radius 1 is 1.15 bits per heavy atom. The molecule has 1 saturated heterocycles. The van der Waals surface area contributed by atoms with Crippen LogP contribution in [0.25, 0.3) is 0 Å². The molecule has 0 aromatic heterocycles. The molecule has 3 rings (SSSR count). The van der Waals surface area contributed by atoms with E-state index in [1.807, 2.05) is 0 Å². The Hall–Kier alpha value is -0.810. The number of carbonyl (C=O) groups excluding carboxylic acids is 1. The average Bonchev–Trinajstić information content (AvgIpc) is 2.57. The molecule has 0 spiro atoms. The van der Waals surface area contributed by atoms with Crippen molar-refractivity contribution in [1.29, 1.82) is 0 Å². The van der Waals surface area contributed by atoms with Crippen molar-refractivity contribution in [3.8, 4) is 0 Å². The molecule has 2 fully saturated rings. The van der Waals surface area contributed by atoms with E-state index in [4.69, 9.17) is 5.73 Å². The van der Waals surface area contributed by atoms with E-state index >= 15 is 0 Å². The summed E-state index contributed by atoms with van der Waals surface area (Å²) >= 11 is 0. The Kier molecular flexibility index (Phi) is 8.87. The van der Waals surface area contributed by atoms with Gasteiger partial charge >= 0.3 is 0 Å². The van der Waals surface area contributed by atoms with E-state index in [1.165, 1.54) is 11.1 Å². The largest absolute Gasteiger partial charge is 0.340 e. The van der Waals surface area contributed by atoms with Crippen LogP contribution in [0.5, 0.6) is 0 Å². The summed E-state index contributed by atoms with van der Waals surface area (Å²) in [7, 11) is 0. The van der Waals surface area contributed by atoms with E-state index in [0.29, 0.717) is 0 Å². The number of halogens is 2. The maximum atomic E-state index is 12.9. The first-order valence-corrected chi connectivity index (χ1v) is 9.32. The van der Waals surface area contributed by atoms with Crippen LogP contribution in [-0.2, 0) is 11.3 Å². The lowest BCUT2D eigenvalue weighted by atomic mass is 9.74. The SMILES string of the molecule is Cc1ccccc1CN1CCN(C(=O)C2CCCCC2(C)N)CC1.Cl.Cl. The molecular formula is C20H33Cl2N3O. The molecule has 2 aliphatic rings. The smallest absolute Gasteiger partial charge is 0.227 e. The first-order valence-electron chi connectivity index (χ1n) is 9.32. The van der Waals surface area contributed by atoms with Crippen molar-refractivity contribution in [2.45, 2.75) is 51.6 Å². The average molecular weight is 402 g/mol. The van der Waals surface area contributed by atoms with Crippen molar-refractivity contribution in [3.05, 3.63) is 35.4 Å². The third-order valence-electron chi connectivity index (χ3n) is 5.89. The number of amides is 1. The highest BCUT2D eigenvalue weighted by molar-refractivity contribution is 5.85. The predicted octanol–water partition coefficient (Wildman–Crippen LogP) is 3.39. The first-order chi connectivity index (χ1) is 11.5. The highest BCUT2D eigenvalue weighted by atomic mass is 35.5. The number of carbonyl (C=O) groups is 1. The summed E-state index contributed by atoms with van der Waals surface area (Å²) in [5.74, 6) is 0.296. The number of nitrogens with zero attached hydrogens (tertiary/aromatic N) is 2. The molecule has 1 heterocycles. The van der Waals surface area contributed by atoms with Gasteiger partial charge in [0.15, 0.2) is 0 Å². The molecule has 4 nitrogen and oxygen atoms in total. The molecule has 0 bridgehead atoms. The Labute approximate surface area is 170 Å². The maximum absolute atomic E-state index is 12.9. The van der Waals surface area contributed by atoms with Gasteiger partial charge in [-0.2, -0.15) is 0 Å². The zero-order chi connectivity index (χ0) is 17.2. The summed E-state index contributed by atoms with van der Waals surface area (Å²) in [5, 5.41) is 0. The second kappa shape index (κ2) is 9.93. The lowest BCUT2D eigenvalue weighted by Gasteiger charge is -2.42. The summed E-state index contributed by atoms with van der Waals surface area (Å²) < 4.78 is 0. The van der Waals surface area contributed by atoms with Crippen LogP contribution >= 0.6 is 24.8 Å². The summed E-state index contributed by atoms with van der Waals surface area (Å²) in [6, 6.07) is 8.56. The zero-order valence-electron chi connectivity index (χ0n) is 15.9. The van der Waals surface area contributed by atoms with Crippen molar-refractivity contribution in [3.63, 3.8) is 0 Å².